The third kappa shape index (κ3) is 5.63. The largest absolute Gasteiger partial charge is 0.481 e. The number of aromatic nitrogens is 1. The Morgan fingerprint density at radius 2 is 1.83 bits per heavy atom. The zero-order chi connectivity index (χ0) is 25.3. The van der Waals surface area contributed by atoms with Crippen molar-refractivity contribution in [1.82, 2.24) is 4.98 Å². The predicted octanol–water partition coefficient (Wildman–Crippen LogP) is 4.90. The number of hydrogen-bond acceptors (Lipinski definition) is 5. The Kier molecular flexibility index (Phi) is 7.09. The van der Waals surface area contributed by atoms with Gasteiger partial charge in [-0.05, 0) is 43.2 Å². The second kappa shape index (κ2) is 10.1. The van der Waals surface area contributed by atoms with E-state index in [9.17, 15) is 28.2 Å². The SMILES string of the molecule is CN(c1ccc(F)cc1F)c1c(/C=C/[C@@H](O)C[C@@H](O)CC(=O)O)c(C2CC2)nc2ccc(F)cc12. The highest BCUT2D eigenvalue weighted by molar-refractivity contribution is 5.99. The fourth-order valence-electron chi connectivity index (χ4n) is 4.17. The maximum Gasteiger partial charge on any atom is 0.305 e. The van der Waals surface area contributed by atoms with Gasteiger partial charge in [0.25, 0.3) is 0 Å². The molecule has 0 radical (unpaired) electrons. The summed E-state index contributed by atoms with van der Waals surface area (Å²) in [6, 6.07) is 7.30. The van der Waals surface area contributed by atoms with E-state index in [1.165, 1.54) is 29.2 Å². The van der Waals surface area contributed by atoms with E-state index in [0.717, 1.165) is 25.0 Å². The molecule has 2 aromatic carbocycles. The van der Waals surface area contributed by atoms with Gasteiger partial charge in [0.05, 0.1) is 41.2 Å². The van der Waals surface area contributed by atoms with Crippen LogP contribution in [0.25, 0.3) is 17.0 Å². The number of anilines is 2. The first-order valence-corrected chi connectivity index (χ1v) is 11.2. The highest BCUT2D eigenvalue weighted by Crippen LogP contribution is 2.46. The van der Waals surface area contributed by atoms with Gasteiger partial charge in [0.2, 0.25) is 0 Å². The number of benzene rings is 2. The summed E-state index contributed by atoms with van der Waals surface area (Å²) >= 11 is 0. The molecule has 0 amide bonds. The number of rotatable bonds is 9. The lowest BCUT2D eigenvalue weighted by molar-refractivity contribution is -0.139. The molecule has 0 spiro atoms. The Bertz CT molecular complexity index is 1290. The van der Waals surface area contributed by atoms with Crippen molar-refractivity contribution in [2.45, 2.75) is 43.8 Å². The monoisotopic (exact) mass is 486 g/mol. The number of halogens is 3. The van der Waals surface area contributed by atoms with E-state index in [-0.39, 0.29) is 18.0 Å². The van der Waals surface area contributed by atoms with Crippen LogP contribution in [0, 0.1) is 17.5 Å². The van der Waals surface area contributed by atoms with E-state index in [1.807, 2.05) is 0 Å². The second-order valence-corrected chi connectivity index (χ2v) is 8.76. The molecule has 1 aromatic heterocycles. The molecule has 35 heavy (non-hydrogen) atoms. The number of carbonyl (C=O) groups is 1. The van der Waals surface area contributed by atoms with Gasteiger partial charge in [0.15, 0.2) is 0 Å². The maximum atomic E-state index is 14.7. The van der Waals surface area contributed by atoms with Crippen LogP contribution in [0.1, 0.15) is 42.9 Å². The minimum absolute atomic E-state index is 0.0667. The summed E-state index contributed by atoms with van der Waals surface area (Å²) in [6.45, 7) is 0. The van der Waals surface area contributed by atoms with Crippen molar-refractivity contribution in [3.63, 3.8) is 0 Å². The van der Waals surface area contributed by atoms with Crippen LogP contribution in [0.3, 0.4) is 0 Å². The van der Waals surface area contributed by atoms with Crippen LogP contribution in [0.4, 0.5) is 24.5 Å². The number of aliphatic carboxylic acids is 1. The molecule has 1 fully saturated rings. The van der Waals surface area contributed by atoms with Gasteiger partial charge in [-0.2, -0.15) is 0 Å². The first-order chi connectivity index (χ1) is 16.6. The van der Waals surface area contributed by atoms with Gasteiger partial charge < -0.3 is 20.2 Å². The van der Waals surface area contributed by atoms with E-state index in [4.69, 9.17) is 10.1 Å². The third-order valence-corrected chi connectivity index (χ3v) is 5.97. The average molecular weight is 486 g/mol. The standard InChI is InChI=1S/C26H25F3N2O4/c1-31(23-9-5-16(28)11-21(23)29)26-19(7-6-17(32)12-18(33)13-24(34)35)25(14-2-3-14)30-22-8-4-15(27)10-20(22)26/h4-11,14,17-18,32-33H,2-3,12-13H2,1H3,(H,34,35)/b7-6+/t17-,18-/m1/s1. The average Bonchev–Trinajstić information content (AvgIpc) is 3.61. The summed E-state index contributed by atoms with van der Waals surface area (Å²) in [5.41, 5.74) is 2.23. The fraction of sp³-hybridized carbons (Fsp3) is 0.308. The molecule has 184 valence electrons. The summed E-state index contributed by atoms with van der Waals surface area (Å²) in [7, 11) is 1.58. The summed E-state index contributed by atoms with van der Waals surface area (Å²) in [5, 5.41) is 29.5. The second-order valence-electron chi connectivity index (χ2n) is 8.76. The predicted molar refractivity (Wildman–Crippen MR) is 126 cm³/mol. The number of pyridine rings is 1. The van der Waals surface area contributed by atoms with Gasteiger partial charge in [0.1, 0.15) is 17.5 Å². The van der Waals surface area contributed by atoms with Crippen LogP contribution >= 0.6 is 0 Å². The molecule has 0 unspecified atom stereocenters. The normalized spacial score (nSPS) is 15.5. The van der Waals surface area contributed by atoms with E-state index in [1.54, 1.807) is 19.2 Å². The minimum atomic E-state index is -1.24. The van der Waals surface area contributed by atoms with Crippen LogP contribution in [-0.2, 0) is 4.79 Å². The van der Waals surface area contributed by atoms with Crippen LogP contribution in [0.2, 0.25) is 0 Å². The zero-order valence-corrected chi connectivity index (χ0v) is 19.0. The van der Waals surface area contributed by atoms with Crippen LogP contribution in [0.15, 0.2) is 42.5 Å². The Morgan fingerprint density at radius 3 is 2.49 bits per heavy atom. The third-order valence-electron chi connectivity index (χ3n) is 5.97. The van der Waals surface area contributed by atoms with Gasteiger partial charge in [-0.25, -0.2) is 13.2 Å². The first kappa shape index (κ1) is 24.7. The highest BCUT2D eigenvalue weighted by atomic mass is 19.1. The lowest BCUT2D eigenvalue weighted by atomic mass is 9.99. The Labute approximate surface area is 200 Å². The van der Waals surface area contributed by atoms with E-state index < -0.39 is 42.0 Å². The lowest BCUT2D eigenvalue weighted by Crippen LogP contribution is -2.19. The van der Waals surface area contributed by atoms with Crippen molar-refractivity contribution in [2.24, 2.45) is 0 Å². The van der Waals surface area contributed by atoms with Crippen LogP contribution < -0.4 is 4.90 Å². The summed E-state index contributed by atoms with van der Waals surface area (Å²) in [5.74, 6) is -3.10. The Morgan fingerprint density at radius 1 is 1.14 bits per heavy atom. The molecular formula is C26H25F3N2O4. The number of aliphatic hydroxyl groups is 2. The number of nitrogens with zero attached hydrogens (tertiary/aromatic N) is 2. The molecule has 1 aliphatic carbocycles. The summed E-state index contributed by atoms with van der Waals surface area (Å²) < 4.78 is 42.6. The summed E-state index contributed by atoms with van der Waals surface area (Å²) in [4.78, 5) is 17.0. The molecule has 0 aliphatic heterocycles. The van der Waals surface area contributed by atoms with Gasteiger partial charge in [-0.15, -0.1) is 0 Å². The number of carboxylic acids is 1. The number of hydrogen-bond donors (Lipinski definition) is 3. The quantitative estimate of drug-likeness (QED) is 0.399. The van der Waals surface area contributed by atoms with Crippen molar-refractivity contribution in [2.75, 3.05) is 11.9 Å². The molecule has 0 bridgehead atoms. The molecule has 6 nitrogen and oxygen atoms in total. The summed E-state index contributed by atoms with van der Waals surface area (Å²) in [6.07, 6.45) is 1.63. The Balaban J connectivity index is 1.84. The smallest absolute Gasteiger partial charge is 0.305 e. The van der Waals surface area contributed by atoms with Crippen molar-refractivity contribution in [3.8, 4) is 0 Å². The molecule has 0 saturated heterocycles. The Hall–Kier alpha value is -3.43. The van der Waals surface area contributed by atoms with Crippen molar-refractivity contribution in [1.29, 1.82) is 0 Å². The number of aliphatic hydroxyl groups excluding tert-OH is 2. The van der Waals surface area contributed by atoms with E-state index >= 15 is 0 Å². The molecule has 3 aromatic rings. The molecule has 9 heteroatoms. The molecule has 3 N–H and O–H groups in total. The fourth-order valence-corrected chi connectivity index (χ4v) is 4.17. The van der Waals surface area contributed by atoms with Gasteiger partial charge >= 0.3 is 5.97 Å². The van der Waals surface area contributed by atoms with E-state index in [0.29, 0.717) is 27.8 Å². The zero-order valence-electron chi connectivity index (χ0n) is 19.0. The van der Waals surface area contributed by atoms with Crippen LogP contribution in [0.5, 0.6) is 0 Å². The molecule has 4 rings (SSSR count). The van der Waals surface area contributed by atoms with Crippen molar-refractivity contribution < 1.29 is 33.3 Å². The molecular weight excluding hydrogens is 461 g/mol. The minimum Gasteiger partial charge on any atom is -0.481 e. The molecule has 1 saturated carbocycles. The van der Waals surface area contributed by atoms with Gasteiger partial charge in [-0.3, -0.25) is 9.78 Å². The van der Waals surface area contributed by atoms with Crippen LogP contribution in [-0.4, -0.2) is 45.5 Å². The number of fused-ring (bicyclic) bond motifs is 1. The van der Waals surface area contributed by atoms with Gasteiger partial charge in [0, 0.05) is 36.4 Å². The molecule has 1 aliphatic rings. The van der Waals surface area contributed by atoms with E-state index in [2.05, 4.69) is 0 Å². The van der Waals surface area contributed by atoms with Crippen molar-refractivity contribution in [3.05, 3.63) is 71.2 Å². The lowest BCUT2D eigenvalue weighted by Gasteiger charge is -2.26. The maximum absolute atomic E-state index is 14.7. The topological polar surface area (TPSA) is 93.9 Å². The number of carboxylic acid groups (broad SMARTS) is 1. The first-order valence-electron chi connectivity index (χ1n) is 11.2. The highest BCUT2D eigenvalue weighted by Gasteiger charge is 2.31. The van der Waals surface area contributed by atoms with Crippen molar-refractivity contribution >= 4 is 34.3 Å². The van der Waals surface area contributed by atoms with Gasteiger partial charge in [-0.1, -0.05) is 12.2 Å². The molecule has 1 heterocycles. The molecule has 2 atom stereocenters.